The number of nitro benzene ring substituents is 1. The Kier molecular flexibility index (Phi) is 9.05. The summed E-state index contributed by atoms with van der Waals surface area (Å²) in [5.74, 6) is -0.0767. The molecule has 1 atom stereocenters. The topological polar surface area (TPSA) is 91.1 Å². The Morgan fingerprint density at radius 1 is 1.38 bits per heavy atom. The third-order valence-electron chi connectivity index (χ3n) is 5.86. The number of hydrogen-bond donors (Lipinski definition) is 0. The first-order chi connectivity index (χ1) is 14.7. The normalized spacial score (nSPS) is 16.8. The van der Waals surface area contributed by atoms with Crippen LogP contribution in [0.4, 0.5) is 5.69 Å². The molecule has 178 valence electrons. The predicted molar refractivity (Wildman–Crippen MR) is 140 cm³/mol. The quantitative estimate of drug-likeness (QED) is 0.0894. The van der Waals surface area contributed by atoms with Crippen LogP contribution in [0.1, 0.15) is 44.5 Å². The summed E-state index contributed by atoms with van der Waals surface area (Å²) in [7, 11) is 2.78. The molecule has 0 unspecified atom stereocenters. The van der Waals surface area contributed by atoms with Gasteiger partial charge in [0.05, 0.1) is 0 Å². The van der Waals surface area contributed by atoms with Crippen molar-refractivity contribution in [1.29, 1.82) is 0 Å². The van der Waals surface area contributed by atoms with E-state index in [1.165, 1.54) is 19.2 Å². The van der Waals surface area contributed by atoms with Crippen LogP contribution in [-0.2, 0) is 11.7 Å². The second-order valence-electron chi connectivity index (χ2n) is 9.18. The Morgan fingerprint density at radius 3 is 2.50 bits per heavy atom. The minimum atomic E-state index is -2.02. The molecule has 1 aliphatic heterocycles. The fourth-order valence-electron chi connectivity index (χ4n) is 3.06. The van der Waals surface area contributed by atoms with Gasteiger partial charge in [0.15, 0.2) is 0 Å². The average Bonchev–Trinajstić information content (AvgIpc) is 3.04. The fraction of sp³-hybridized carbons (Fsp3) is 0.550. The number of nitro groups is 1. The summed E-state index contributed by atoms with van der Waals surface area (Å²) in [6.45, 7) is 13.1. The van der Waals surface area contributed by atoms with Crippen molar-refractivity contribution in [3.8, 4) is 11.5 Å². The molecule has 1 aromatic carbocycles. The monoisotopic (exact) mass is 611 g/mol. The summed E-state index contributed by atoms with van der Waals surface area (Å²) in [5.41, 5.74) is 0.610. The average molecular weight is 611 g/mol. The first-order valence-electron chi connectivity index (χ1n) is 9.96. The van der Waals surface area contributed by atoms with E-state index >= 15 is 0 Å². The number of hydrogen-bond acceptors (Lipinski definition) is 7. The summed E-state index contributed by atoms with van der Waals surface area (Å²) in [6.07, 6.45) is 2.41. The molecule has 0 spiro atoms. The molecule has 12 heteroatoms. The Balaban J connectivity index is 2.41. The van der Waals surface area contributed by atoms with Crippen LogP contribution in [0.2, 0.25) is 18.1 Å². The molecule has 0 saturated carbocycles. The van der Waals surface area contributed by atoms with Gasteiger partial charge < -0.3 is 0 Å². The molecule has 1 amide bonds. The molecular formula is C20H29IN2O6PSSi-. The van der Waals surface area contributed by atoms with E-state index in [1.807, 2.05) is 28.1 Å². The number of carbonyl (C=O) groups is 1. The SMILES string of the molecule is COc1cc(C(=O)N2C=C(C)C[C@H]2CO[Si](C)(C)C(C)(C)C)c([N+](=O)[O-])cc1O[S-](#P)I. The number of methoxy groups -OCH3 is 1. The molecule has 1 aliphatic rings. The number of halogens is 1. The predicted octanol–water partition coefficient (Wildman–Crippen LogP) is 6.33. The summed E-state index contributed by atoms with van der Waals surface area (Å²) in [4.78, 5) is 26.2. The first-order valence-corrected chi connectivity index (χ1v) is 17.6. The van der Waals surface area contributed by atoms with Gasteiger partial charge >= 0.3 is 168 Å². The molecule has 0 saturated heterocycles. The zero-order valence-electron chi connectivity index (χ0n) is 19.3. The Bertz CT molecular complexity index is 1020. The number of amides is 1. The van der Waals surface area contributed by atoms with Gasteiger partial charge in [-0.2, -0.15) is 0 Å². The zero-order chi connectivity index (χ0) is 24.4. The maximum atomic E-state index is 13.5. The van der Waals surface area contributed by atoms with Crippen molar-refractivity contribution in [3.63, 3.8) is 0 Å². The van der Waals surface area contributed by atoms with E-state index in [0.29, 0.717) is 13.0 Å². The summed E-state index contributed by atoms with van der Waals surface area (Å²) in [6, 6.07) is 2.35. The van der Waals surface area contributed by atoms with Crippen molar-refractivity contribution >= 4 is 56.3 Å². The Hall–Kier alpha value is -0.883. The second kappa shape index (κ2) is 10.6. The number of nitrogens with zero attached hydrogens (tertiary/aromatic N) is 2. The molecule has 0 N–H and O–H groups in total. The number of benzene rings is 1. The van der Waals surface area contributed by atoms with E-state index in [1.54, 1.807) is 11.1 Å². The fourth-order valence-corrected chi connectivity index (χ4v) is 5.20. The summed E-state index contributed by atoms with van der Waals surface area (Å²) >= 11 is 1.94. The van der Waals surface area contributed by atoms with Crippen molar-refractivity contribution in [2.24, 2.45) is 0 Å². The van der Waals surface area contributed by atoms with E-state index in [-0.39, 0.29) is 33.8 Å². The molecule has 8 nitrogen and oxygen atoms in total. The van der Waals surface area contributed by atoms with Crippen LogP contribution < -0.4 is 8.92 Å². The summed E-state index contributed by atoms with van der Waals surface area (Å²) < 4.78 is 17.2. The van der Waals surface area contributed by atoms with Crippen molar-refractivity contribution in [2.75, 3.05) is 13.7 Å². The molecular weight excluding hydrogens is 582 g/mol. The number of ether oxygens (including phenoxy) is 1. The molecule has 2 rings (SSSR count). The van der Waals surface area contributed by atoms with Crippen molar-refractivity contribution in [1.82, 2.24) is 4.90 Å². The van der Waals surface area contributed by atoms with Crippen LogP contribution >= 0.6 is 29.0 Å². The van der Waals surface area contributed by atoms with Gasteiger partial charge in [-0.3, -0.25) is 0 Å². The van der Waals surface area contributed by atoms with Crippen LogP contribution in [0.3, 0.4) is 0 Å². The zero-order valence-corrected chi connectivity index (χ0v) is 24.2. The standard InChI is InChI=1S/C20H29IN2O6PSSi/c1-13-8-14(12-28-32(6,7)20(2,3)4)22(11-13)19(24)15-9-17(27-5)18(29-31(21)30)10-16(15)23(25)26/h9-11,14H,8,12H2,1-7H3/q-1/t14-/m0/s1. The molecule has 32 heavy (non-hydrogen) atoms. The van der Waals surface area contributed by atoms with Crippen molar-refractivity contribution in [2.45, 2.75) is 58.3 Å². The second-order valence-corrected chi connectivity index (χ2v) is 20.1. The van der Waals surface area contributed by atoms with Gasteiger partial charge in [0, 0.05) is 0 Å². The van der Waals surface area contributed by atoms with Crippen LogP contribution in [0.25, 0.3) is 0 Å². The Morgan fingerprint density at radius 2 is 2.00 bits per heavy atom. The van der Waals surface area contributed by atoms with E-state index < -0.39 is 26.5 Å². The van der Waals surface area contributed by atoms with Gasteiger partial charge in [-0.05, 0) is 18.1 Å². The van der Waals surface area contributed by atoms with E-state index in [4.69, 9.17) is 13.3 Å². The third kappa shape index (κ3) is 6.37. The van der Waals surface area contributed by atoms with Crippen molar-refractivity contribution in [3.05, 3.63) is 39.6 Å². The van der Waals surface area contributed by atoms with Gasteiger partial charge in [0.1, 0.15) is 0 Å². The van der Waals surface area contributed by atoms with Gasteiger partial charge in [0.2, 0.25) is 0 Å². The van der Waals surface area contributed by atoms with E-state index in [9.17, 15) is 14.9 Å². The summed E-state index contributed by atoms with van der Waals surface area (Å²) in [5, 5.41) is 11.8. The molecule has 0 radical (unpaired) electrons. The maximum absolute atomic E-state index is 13.5. The van der Waals surface area contributed by atoms with Crippen LogP contribution in [-0.4, -0.2) is 43.8 Å². The molecule has 0 aliphatic carbocycles. The molecule has 0 bridgehead atoms. The minimum absolute atomic E-state index is 0.0368. The number of rotatable bonds is 7. The molecule has 1 aromatic rings. The van der Waals surface area contributed by atoms with Crippen LogP contribution in [0, 0.1) is 10.1 Å². The van der Waals surface area contributed by atoms with Gasteiger partial charge in [0.25, 0.3) is 0 Å². The van der Waals surface area contributed by atoms with E-state index in [2.05, 4.69) is 41.7 Å². The first kappa shape index (κ1) is 27.4. The van der Waals surface area contributed by atoms with Gasteiger partial charge in [-0.1, -0.05) is 20.8 Å². The van der Waals surface area contributed by atoms with Gasteiger partial charge in [-0.15, -0.1) is 0 Å². The van der Waals surface area contributed by atoms with E-state index in [0.717, 1.165) is 5.57 Å². The molecule has 0 fully saturated rings. The van der Waals surface area contributed by atoms with Crippen LogP contribution in [0.15, 0.2) is 23.9 Å². The third-order valence-corrected chi connectivity index (χ3v) is 11.4. The molecule has 1 heterocycles. The van der Waals surface area contributed by atoms with Crippen molar-refractivity contribution < 1.29 is 23.1 Å². The van der Waals surface area contributed by atoms with Gasteiger partial charge in [-0.25, -0.2) is 0 Å². The van der Waals surface area contributed by atoms with Crippen LogP contribution in [0.5, 0.6) is 11.5 Å². The Labute approximate surface area is 206 Å². The molecule has 0 aromatic heterocycles. The number of carbonyl (C=O) groups excluding carboxylic acids is 1.